The number of benzene rings is 2. The SMILES string of the molecule is O=S(=O)(N=Cc1ccc(F)cc1)c1ccccc1. The van der Waals surface area contributed by atoms with Gasteiger partial charge in [0.1, 0.15) is 5.82 Å². The molecule has 0 aromatic heterocycles. The van der Waals surface area contributed by atoms with E-state index in [4.69, 9.17) is 0 Å². The smallest absolute Gasteiger partial charge is 0.207 e. The molecule has 0 amide bonds. The zero-order valence-corrected chi connectivity index (χ0v) is 10.1. The maximum Gasteiger partial charge on any atom is 0.282 e. The Morgan fingerprint density at radius 1 is 0.944 bits per heavy atom. The Hall–Kier alpha value is -2.01. The van der Waals surface area contributed by atoms with Gasteiger partial charge in [0.2, 0.25) is 0 Å². The lowest BCUT2D eigenvalue weighted by Gasteiger charge is -1.97. The minimum atomic E-state index is -3.69. The van der Waals surface area contributed by atoms with Crippen molar-refractivity contribution in [3.05, 3.63) is 66.0 Å². The minimum Gasteiger partial charge on any atom is -0.207 e. The molecular weight excluding hydrogens is 253 g/mol. The van der Waals surface area contributed by atoms with Gasteiger partial charge in [-0.3, -0.25) is 0 Å². The Morgan fingerprint density at radius 2 is 1.56 bits per heavy atom. The van der Waals surface area contributed by atoms with Gasteiger partial charge < -0.3 is 0 Å². The van der Waals surface area contributed by atoms with E-state index >= 15 is 0 Å². The molecule has 92 valence electrons. The molecular formula is C13H10FNO2S. The first-order valence-corrected chi connectivity index (χ1v) is 6.63. The molecule has 0 saturated carbocycles. The molecule has 0 aliphatic rings. The standard InChI is InChI=1S/C13H10FNO2S/c14-12-8-6-11(7-9-12)10-15-18(16,17)13-4-2-1-3-5-13/h1-10H. The molecule has 0 aliphatic carbocycles. The van der Waals surface area contributed by atoms with E-state index in [1.165, 1.54) is 42.6 Å². The molecule has 0 atom stereocenters. The van der Waals surface area contributed by atoms with Gasteiger partial charge in [-0.15, -0.1) is 0 Å². The predicted molar refractivity (Wildman–Crippen MR) is 67.6 cm³/mol. The summed E-state index contributed by atoms with van der Waals surface area (Å²) in [6.45, 7) is 0. The van der Waals surface area contributed by atoms with Gasteiger partial charge in [0, 0.05) is 6.21 Å². The van der Waals surface area contributed by atoms with Gasteiger partial charge in [-0.1, -0.05) is 30.3 Å². The number of sulfonamides is 1. The van der Waals surface area contributed by atoms with Crippen LogP contribution in [0.25, 0.3) is 0 Å². The van der Waals surface area contributed by atoms with Crippen molar-refractivity contribution >= 4 is 16.2 Å². The van der Waals surface area contributed by atoms with Crippen LogP contribution in [0.4, 0.5) is 4.39 Å². The van der Waals surface area contributed by atoms with E-state index in [2.05, 4.69) is 4.40 Å². The highest BCUT2D eigenvalue weighted by molar-refractivity contribution is 7.90. The molecule has 0 fully saturated rings. The van der Waals surface area contributed by atoms with Crippen molar-refractivity contribution in [3.8, 4) is 0 Å². The fourth-order valence-corrected chi connectivity index (χ4v) is 2.22. The van der Waals surface area contributed by atoms with Crippen LogP contribution in [0.3, 0.4) is 0 Å². The van der Waals surface area contributed by atoms with E-state index in [1.807, 2.05) is 0 Å². The molecule has 2 aromatic rings. The van der Waals surface area contributed by atoms with Gasteiger partial charge >= 0.3 is 0 Å². The highest BCUT2D eigenvalue weighted by Crippen LogP contribution is 2.11. The third-order valence-corrected chi connectivity index (χ3v) is 3.50. The molecule has 2 rings (SSSR count). The molecule has 0 saturated heterocycles. The third-order valence-electron chi connectivity index (χ3n) is 2.25. The quantitative estimate of drug-likeness (QED) is 0.799. The van der Waals surface area contributed by atoms with Crippen LogP contribution in [-0.4, -0.2) is 14.6 Å². The highest BCUT2D eigenvalue weighted by Gasteiger charge is 2.09. The van der Waals surface area contributed by atoms with E-state index < -0.39 is 10.0 Å². The number of rotatable bonds is 3. The maximum atomic E-state index is 12.7. The van der Waals surface area contributed by atoms with Crippen molar-refractivity contribution in [1.82, 2.24) is 0 Å². The van der Waals surface area contributed by atoms with Crippen LogP contribution in [0.5, 0.6) is 0 Å². The van der Waals surface area contributed by atoms with Crippen LogP contribution in [0, 0.1) is 5.82 Å². The molecule has 5 heteroatoms. The summed E-state index contributed by atoms with van der Waals surface area (Å²) >= 11 is 0. The normalized spacial score (nSPS) is 11.8. The van der Waals surface area contributed by atoms with Crippen molar-refractivity contribution in [1.29, 1.82) is 0 Å². The summed E-state index contributed by atoms with van der Waals surface area (Å²) in [6.07, 6.45) is 1.20. The molecule has 0 radical (unpaired) electrons. The summed E-state index contributed by atoms with van der Waals surface area (Å²) in [5, 5.41) is 0. The van der Waals surface area contributed by atoms with E-state index in [0.29, 0.717) is 5.56 Å². The molecule has 0 N–H and O–H groups in total. The molecule has 0 spiro atoms. The lowest BCUT2D eigenvalue weighted by atomic mass is 10.2. The highest BCUT2D eigenvalue weighted by atomic mass is 32.2. The second-order valence-corrected chi connectivity index (χ2v) is 5.21. The molecule has 3 nitrogen and oxygen atoms in total. The molecule has 0 bridgehead atoms. The predicted octanol–water partition coefficient (Wildman–Crippen LogP) is 2.63. The van der Waals surface area contributed by atoms with Crippen molar-refractivity contribution in [3.63, 3.8) is 0 Å². The number of hydrogen-bond acceptors (Lipinski definition) is 2. The first-order valence-electron chi connectivity index (χ1n) is 5.19. The van der Waals surface area contributed by atoms with Crippen molar-refractivity contribution in [2.24, 2.45) is 4.40 Å². The molecule has 2 aromatic carbocycles. The van der Waals surface area contributed by atoms with Gasteiger partial charge in [0.25, 0.3) is 10.0 Å². The minimum absolute atomic E-state index is 0.128. The summed E-state index contributed by atoms with van der Waals surface area (Å²) in [5.41, 5.74) is 0.524. The zero-order valence-electron chi connectivity index (χ0n) is 9.32. The Balaban J connectivity index is 2.26. The van der Waals surface area contributed by atoms with E-state index in [0.717, 1.165) is 0 Å². The van der Waals surface area contributed by atoms with Crippen molar-refractivity contribution < 1.29 is 12.8 Å². The lowest BCUT2D eigenvalue weighted by Crippen LogP contribution is -1.97. The van der Waals surface area contributed by atoms with Gasteiger partial charge in [0.15, 0.2) is 0 Å². The first-order chi connectivity index (χ1) is 8.58. The van der Waals surface area contributed by atoms with Gasteiger partial charge in [0.05, 0.1) is 4.90 Å². The van der Waals surface area contributed by atoms with Gasteiger partial charge in [-0.05, 0) is 29.8 Å². The first kappa shape index (κ1) is 12.4. The lowest BCUT2D eigenvalue weighted by molar-refractivity contribution is 0.598. The van der Waals surface area contributed by atoms with Crippen LogP contribution in [0.1, 0.15) is 5.56 Å². The van der Waals surface area contributed by atoms with Crippen molar-refractivity contribution in [2.75, 3.05) is 0 Å². The van der Waals surface area contributed by atoms with E-state index in [9.17, 15) is 12.8 Å². The second-order valence-electron chi connectivity index (χ2n) is 3.57. The zero-order chi connectivity index (χ0) is 13.0. The summed E-state index contributed by atoms with van der Waals surface area (Å²) in [7, 11) is -3.69. The van der Waals surface area contributed by atoms with E-state index in [-0.39, 0.29) is 10.7 Å². The average molecular weight is 263 g/mol. The Labute approximate surface area is 105 Å². The van der Waals surface area contributed by atoms with Crippen LogP contribution in [-0.2, 0) is 10.0 Å². The second kappa shape index (κ2) is 5.10. The topological polar surface area (TPSA) is 46.5 Å². The maximum absolute atomic E-state index is 12.7. The van der Waals surface area contributed by atoms with Gasteiger partial charge in [-0.25, -0.2) is 4.39 Å². The Kier molecular flexibility index (Phi) is 3.53. The van der Waals surface area contributed by atoms with Crippen LogP contribution in [0.2, 0.25) is 0 Å². The molecule has 0 aliphatic heterocycles. The average Bonchev–Trinajstić information content (AvgIpc) is 2.39. The number of nitrogens with zero attached hydrogens (tertiary/aromatic N) is 1. The summed E-state index contributed by atoms with van der Waals surface area (Å²) < 4.78 is 39.8. The molecule has 18 heavy (non-hydrogen) atoms. The third kappa shape index (κ3) is 3.01. The summed E-state index contributed by atoms with van der Waals surface area (Å²) in [6, 6.07) is 13.3. The van der Waals surface area contributed by atoms with Crippen LogP contribution in [0.15, 0.2) is 63.9 Å². The van der Waals surface area contributed by atoms with Crippen molar-refractivity contribution in [2.45, 2.75) is 4.90 Å². The molecule has 0 unspecified atom stereocenters. The fourth-order valence-electron chi connectivity index (χ4n) is 1.33. The van der Waals surface area contributed by atoms with Crippen LogP contribution >= 0.6 is 0 Å². The van der Waals surface area contributed by atoms with Gasteiger partial charge in [-0.2, -0.15) is 12.8 Å². The summed E-state index contributed by atoms with van der Waals surface area (Å²) in [4.78, 5) is 0.128. The molecule has 0 heterocycles. The number of hydrogen-bond donors (Lipinski definition) is 0. The largest absolute Gasteiger partial charge is 0.282 e. The fraction of sp³-hybridized carbons (Fsp3) is 0. The monoisotopic (exact) mass is 263 g/mol. The Morgan fingerprint density at radius 3 is 2.17 bits per heavy atom. The summed E-state index contributed by atoms with van der Waals surface area (Å²) in [5.74, 6) is -0.377. The number of halogens is 1. The van der Waals surface area contributed by atoms with E-state index in [1.54, 1.807) is 18.2 Å². The van der Waals surface area contributed by atoms with Crippen LogP contribution < -0.4 is 0 Å². The Bertz CT molecular complexity index is 649.